The summed E-state index contributed by atoms with van der Waals surface area (Å²) in [6.07, 6.45) is 24.5. The summed E-state index contributed by atoms with van der Waals surface area (Å²) in [6.45, 7) is 8.45. The van der Waals surface area contributed by atoms with Crippen molar-refractivity contribution in [3.8, 4) is 0 Å². The van der Waals surface area contributed by atoms with E-state index in [0.29, 0.717) is 18.2 Å². The third-order valence-electron chi connectivity index (χ3n) is 8.02. The van der Waals surface area contributed by atoms with E-state index in [-0.39, 0.29) is 48.8 Å². The van der Waals surface area contributed by atoms with Crippen molar-refractivity contribution in [2.45, 2.75) is 116 Å². The quantitative estimate of drug-likeness (QED) is 0.266. The molecule has 0 saturated carbocycles. The first-order valence-electron chi connectivity index (χ1n) is 14.9. The van der Waals surface area contributed by atoms with Gasteiger partial charge in [0.1, 0.15) is 6.10 Å². The second-order valence-electron chi connectivity index (χ2n) is 11.7. The van der Waals surface area contributed by atoms with Gasteiger partial charge in [-0.15, -0.1) is 10.2 Å². The third kappa shape index (κ3) is 9.66. The highest BCUT2D eigenvalue weighted by Crippen LogP contribution is 2.33. The number of esters is 1. The second kappa shape index (κ2) is 15.2. The molecule has 0 amide bonds. The van der Waals surface area contributed by atoms with Gasteiger partial charge >= 0.3 is 5.97 Å². The summed E-state index contributed by atoms with van der Waals surface area (Å²) in [5.74, 6) is 0.863. The Balaban J connectivity index is 1.46. The number of aromatic amines is 1. The van der Waals surface area contributed by atoms with E-state index in [1.807, 2.05) is 37.3 Å². The molecule has 4 heterocycles. The van der Waals surface area contributed by atoms with E-state index in [0.717, 1.165) is 44.1 Å². The first-order valence-corrected chi connectivity index (χ1v) is 14.9. The van der Waals surface area contributed by atoms with Crippen LogP contribution in [0, 0.1) is 11.8 Å². The molecule has 0 aliphatic carbocycles. The van der Waals surface area contributed by atoms with Crippen molar-refractivity contribution in [2.75, 3.05) is 0 Å². The zero-order valence-corrected chi connectivity index (χ0v) is 24.5. The zero-order valence-electron chi connectivity index (χ0n) is 24.5. The number of nitrogens with zero attached hydrogens (tertiary/aromatic N) is 3. The molecular formula is C32H46N4O4. The lowest BCUT2D eigenvalue weighted by atomic mass is 9.90. The second-order valence-corrected chi connectivity index (χ2v) is 11.7. The molecule has 40 heavy (non-hydrogen) atoms. The van der Waals surface area contributed by atoms with Gasteiger partial charge in [-0.1, -0.05) is 72.7 Å². The fourth-order valence-corrected chi connectivity index (χ4v) is 5.85. The van der Waals surface area contributed by atoms with Crippen LogP contribution >= 0.6 is 0 Å². The standard InChI is InChI=1S/C32H46N4O4/c1-5-25-18-28-20-27-12-9-11-26(38-27)16-23(3)14-15-24(4)30(40-32(37)21-29(19-25)39-28)13-8-6-7-10-22(2)17-31-33-35-36-34-31/h5-8,10,13-15,23-24,26-30H,9,11-12,16-21H2,1-4H3,(H,33,34,35,36). The number of carbonyl (C=O) groups excluding carboxylic acids is 1. The predicted octanol–water partition coefficient (Wildman–Crippen LogP) is 6.16. The Morgan fingerprint density at radius 2 is 1.77 bits per heavy atom. The summed E-state index contributed by atoms with van der Waals surface area (Å²) in [5, 5.41) is 14.0. The van der Waals surface area contributed by atoms with Crippen LogP contribution in [0.4, 0.5) is 0 Å². The van der Waals surface area contributed by atoms with Crippen LogP contribution in [0.25, 0.3) is 0 Å². The van der Waals surface area contributed by atoms with Gasteiger partial charge in [0.05, 0.1) is 30.8 Å². The van der Waals surface area contributed by atoms with Crippen molar-refractivity contribution in [1.29, 1.82) is 0 Å². The maximum Gasteiger partial charge on any atom is 0.309 e. The smallest absolute Gasteiger partial charge is 0.309 e. The monoisotopic (exact) mass is 550 g/mol. The highest BCUT2D eigenvalue weighted by molar-refractivity contribution is 5.70. The van der Waals surface area contributed by atoms with Gasteiger partial charge in [0.25, 0.3) is 0 Å². The number of hydrogen-bond donors (Lipinski definition) is 1. The van der Waals surface area contributed by atoms with E-state index < -0.39 is 0 Å². The van der Waals surface area contributed by atoms with Crippen molar-refractivity contribution in [3.05, 3.63) is 65.6 Å². The number of rotatable bonds is 5. The largest absolute Gasteiger partial charge is 0.457 e. The lowest BCUT2D eigenvalue weighted by Crippen LogP contribution is -2.37. The third-order valence-corrected chi connectivity index (χ3v) is 8.02. The zero-order chi connectivity index (χ0) is 28.3. The van der Waals surface area contributed by atoms with Gasteiger partial charge in [-0.05, 0) is 64.4 Å². The van der Waals surface area contributed by atoms with E-state index in [2.05, 4.69) is 59.6 Å². The molecule has 7 unspecified atom stereocenters. The first kappa shape index (κ1) is 30.1. The van der Waals surface area contributed by atoms with Crippen molar-refractivity contribution < 1.29 is 19.0 Å². The Kier molecular flexibility index (Phi) is 11.5. The molecule has 8 nitrogen and oxygen atoms in total. The summed E-state index contributed by atoms with van der Waals surface area (Å²) in [4.78, 5) is 13.1. The minimum Gasteiger partial charge on any atom is -0.457 e. The normalized spacial score (nSPS) is 34.0. The predicted molar refractivity (Wildman–Crippen MR) is 155 cm³/mol. The number of tetrazole rings is 1. The van der Waals surface area contributed by atoms with Crippen molar-refractivity contribution in [2.24, 2.45) is 11.8 Å². The van der Waals surface area contributed by atoms with E-state index in [4.69, 9.17) is 14.2 Å². The molecule has 0 radical (unpaired) electrons. The number of H-pyrrole nitrogens is 1. The van der Waals surface area contributed by atoms with Gasteiger partial charge in [-0.25, -0.2) is 0 Å². The Hall–Kier alpha value is -2.84. The minimum atomic E-state index is -0.367. The summed E-state index contributed by atoms with van der Waals surface area (Å²) in [7, 11) is 0. The van der Waals surface area contributed by atoms with E-state index in [1.54, 1.807) is 0 Å². The van der Waals surface area contributed by atoms with Crippen LogP contribution in [0.5, 0.6) is 0 Å². The molecule has 4 bridgehead atoms. The SMILES string of the molecule is CC=C1CC2CC(=O)OC(C=CC=CC=C(C)Cc3nn[nH]n3)C(C)C=CC(C)CC3CCCC(CC(C1)O2)O3. The number of carbonyl (C=O) groups is 1. The molecule has 7 atom stereocenters. The summed E-state index contributed by atoms with van der Waals surface area (Å²) in [6, 6.07) is 0. The van der Waals surface area contributed by atoms with E-state index in [9.17, 15) is 4.79 Å². The van der Waals surface area contributed by atoms with Gasteiger partial charge in [0.2, 0.25) is 0 Å². The summed E-state index contributed by atoms with van der Waals surface area (Å²) >= 11 is 0. The van der Waals surface area contributed by atoms with Crippen LogP contribution in [0.2, 0.25) is 0 Å². The number of allylic oxidation sites excluding steroid dienone is 7. The molecule has 3 aliphatic rings. The molecule has 3 aliphatic heterocycles. The molecule has 218 valence electrons. The van der Waals surface area contributed by atoms with E-state index in [1.165, 1.54) is 12.0 Å². The van der Waals surface area contributed by atoms with Crippen LogP contribution in [-0.2, 0) is 25.4 Å². The van der Waals surface area contributed by atoms with E-state index >= 15 is 0 Å². The van der Waals surface area contributed by atoms with Crippen LogP contribution < -0.4 is 0 Å². The molecule has 0 spiro atoms. The van der Waals surface area contributed by atoms with Gasteiger partial charge < -0.3 is 14.2 Å². The average molecular weight is 551 g/mol. The maximum atomic E-state index is 13.1. The van der Waals surface area contributed by atoms with Gasteiger partial charge in [-0.2, -0.15) is 5.21 Å². The van der Waals surface area contributed by atoms with Gasteiger partial charge in [-0.3, -0.25) is 4.79 Å². The fourth-order valence-electron chi connectivity index (χ4n) is 5.85. The number of hydrogen-bond acceptors (Lipinski definition) is 7. The Bertz CT molecular complexity index is 1090. The molecule has 1 aromatic heterocycles. The van der Waals surface area contributed by atoms with Crippen LogP contribution in [0.3, 0.4) is 0 Å². The van der Waals surface area contributed by atoms with Crippen LogP contribution in [-0.4, -0.2) is 57.1 Å². The van der Waals surface area contributed by atoms with Crippen LogP contribution in [0.1, 0.15) is 84.9 Å². The number of cyclic esters (lactones) is 1. The average Bonchev–Trinajstić information content (AvgIpc) is 3.43. The lowest BCUT2D eigenvalue weighted by molar-refractivity contribution is -0.154. The molecule has 1 N–H and O–H groups in total. The molecule has 4 rings (SSSR count). The Morgan fingerprint density at radius 1 is 1.00 bits per heavy atom. The number of aromatic nitrogens is 4. The van der Waals surface area contributed by atoms with Gasteiger partial charge in [0.15, 0.2) is 5.82 Å². The highest BCUT2D eigenvalue weighted by Gasteiger charge is 2.32. The Labute approximate surface area is 239 Å². The number of nitrogens with one attached hydrogen (secondary N) is 1. The Morgan fingerprint density at radius 3 is 2.55 bits per heavy atom. The minimum absolute atomic E-state index is 0.0330. The van der Waals surface area contributed by atoms with Crippen molar-refractivity contribution in [1.82, 2.24) is 20.6 Å². The summed E-state index contributed by atoms with van der Waals surface area (Å²) in [5.41, 5.74) is 2.48. The summed E-state index contributed by atoms with van der Waals surface area (Å²) < 4.78 is 19.1. The highest BCUT2D eigenvalue weighted by atomic mass is 16.5. The topological polar surface area (TPSA) is 99.2 Å². The fraction of sp³-hybridized carbons (Fsp3) is 0.625. The molecule has 2 fully saturated rings. The van der Waals surface area contributed by atoms with Crippen LogP contribution in [0.15, 0.2) is 59.8 Å². The number of ether oxygens (including phenoxy) is 3. The molecule has 2 saturated heterocycles. The van der Waals surface area contributed by atoms with Crippen molar-refractivity contribution >= 4 is 5.97 Å². The molecule has 8 heteroatoms. The molecule has 0 aromatic carbocycles. The number of fused-ring (bicyclic) bond motifs is 4. The van der Waals surface area contributed by atoms with Crippen molar-refractivity contribution in [3.63, 3.8) is 0 Å². The first-order chi connectivity index (χ1) is 19.4. The lowest BCUT2D eigenvalue weighted by Gasteiger charge is -2.37. The van der Waals surface area contributed by atoms with Gasteiger partial charge in [0, 0.05) is 18.8 Å². The molecule has 1 aromatic rings. The molecular weight excluding hydrogens is 504 g/mol. The maximum absolute atomic E-state index is 13.1.